The Balaban J connectivity index is 1.85. The number of hydrogen-bond acceptors (Lipinski definition) is 1. The van der Waals surface area contributed by atoms with Gasteiger partial charge < -0.3 is 5.32 Å². The fourth-order valence-corrected chi connectivity index (χ4v) is 1.96. The summed E-state index contributed by atoms with van der Waals surface area (Å²) in [5.74, 6) is -3.24. The predicted octanol–water partition coefficient (Wildman–Crippen LogP) is 3.49. The zero-order chi connectivity index (χ0) is 16.1. The van der Waals surface area contributed by atoms with Crippen molar-refractivity contribution in [2.45, 2.75) is 19.4 Å². The molecule has 0 spiro atoms. The van der Waals surface area contributed by atoms with Crippen LogP contribution in [0.5, 0.6) is 0 Å². The van der Waals surface area contributed by atoms with Gasteiger partial charge in [-0.3, -0.25) is 4.79 Å². The SMILES string of the molecule is O=C(CCc1cc(F)cc(F)c1)NCc1ccc(F)cc1F. The summed E-state index contributed by atoms with van der Waals surface area (Å²) in [5.41, 5.74) is 0.521. The first-order valence-corrected chi connectivity index (χ1v) is 6.59. The average molecular weight is 311 g/mol. The Kier molecular flexibility index (Phi) is 5.14. The van der Waals surface area contributed by atoms with Crippen molar-refractivity contribution < 1.29 is 22.4 Å². The molecule has 2 aromatic carbocycles. The van der Waals surface area contributed by atoms with Crippen LogP contribution < -0.4 is 5.32 Å². The van der Waals surface area contributed by atoms with Gasteiger partial charge in [0.1, 0.15) is 23.3 Å². The molecular weight excluding hydrogens is 298 g/mol. The van der Waals surface area contributed by atoms with Gasteiger partial charge in [0.05, 0.1) is 0 Å². The molecule has 0 saturated heterocycles. The summed E-state index contributed by atoms with van der Waals surface area (Å²) in [5, 5.41) is 2.47. The first kappa shape index (κ1) is 16.0. The second kappa shape index (κ2) is 7.06. The Bertz CT molecular complexity index is 668. The monoisotopic (exact) mass is 311 g/mol. The summed E-state index contributed by atoms with van der Waals surface area (Å²) >= 11 is 0. The molecule has 0 aliphatic heterocycles. The molecule has 0 saturated carbocycles. The van der Waals surface area contributed by atoms with Gasteiger partial charge in [-0.1, -0.05) is 6.07 Å². The maximum Gasteiger partial charge on any atom is 0.220 e. The number of halogens is 4. The molecule has 0 aliphatic rings. The maximum absolute atomic E-state index is 13.4. The number of nitrogens with one attached hydrogen (secondary N) is 1. The van der Waals surface area contributed by atoms with Crippen LogP contribution in [0, 0.1) is 23.3 Å². The van der Waals surface area contributed by atoms with Gasteiger partial charge in [0.2, 0.25) is 5.91 Å². The van der Waals surface area contributed by atoms with Crippen LogP contribution in [0.4, 0.5) is 17.6 Å². The van der Waals surface area contributed by atoms with Gasteiger partial charge in [-0.2, -0.15) is 0 Å². The van der Waals surface area contributed by atoms with Crippen molar-refractivity contribution in [3.63, 3.8) is 0 Å². The molecule has 0 atom stereocenters. The van der Waals surface area contributed by atoms with Crippen molar-refractivity contribution in [3.8, 4) is 0 Å². The standard InChI is InChI=1S/C16H13F4NO/c17-12-3-2-11(15(20)8-12)9-21-16(22)4-1-10-5-13(18)7-14(19)6-10/h2-3,5-8H,1,4,9H2,(H,21,22). The van der Waals surface area contributed by atoms with Crippen LogP contribution in [0.15, 0.2) is 36.4 Å². The Morgan fingerprint density at radius 1 is 0.909 bits per heavy atom. The fourth-order valence-electron chi connectivity index (χ4n) is 1.96. The highest BCUT2D eigenvalue weighted by molar-refractivity contribution is 5.76. The molecule has 0 bridgehead atoms. The lowest BCUT2D eigenvalue weighted by Gasteiger charge is -2.07. The highest BCUT2D eigenvalue weighted by atomic mass is 19.1. The molecule has 116 valence electrons. The zero-order valence-corrected chi connectivity index (χ0v) is 11.5. The first-order valence-electron chi connectivity index (χ1n) is 6.59. The summed E-state index contributed by atoms with van der Waals surface area (Å²) in [6.45, 7) is -0.0809. The molecule has 2 rings (SSSR count). The first-order chi connectivity index (χ1) is 10.4. The normalized spacial score (nSPS) is 10.5. The third kappa shape index (κ3) is 4.58. The van der Waals surface area contributed by atoms with Crippen molar-refractivity contribution in [1.29, 1.82) is 0 Å². The molecule has 2 aromatic rings. The van der Waals surface area contributed by atoms with Crippen LogP contribution in [0.1, 0.15) is 17.5 Å². The number of carbonyl (C=O) groups is 1. The van der Waals surface area contributed by atoms with Crippen molar-refractivity contribution in [2.24, 2.45) is 0 Å². The molecule has 0 aromatic heterocycles. The molecule has 2 nitrogen and oxygen atoms in total. The van der Waals surface area contributed by atoms with E-state index in [2.05, 4.69) is 5.32 Å². The van der Waals surface area contributed by atoms with E-state index in [0.29, 0.717) is 5.56 Å². The van der Waals surface area contributed by atoms with E-state index in [1.165, 1.54) is 6.07 Å². The van der Waals surface area contributed by atoms with Gasteiger partial charge in [0, 0.05) is 30.7 Å². The summed E-state index contributed by atoms with van der Waals surface area (Å²) in [6.07, 6.45) is 0.165. The van der Waals surface area contributed by atoms with Crippen LogP contribution in [0.3, 0.4) is 0 Å². The van der Waals surface area contributed by atoms with Gasteiger partial charge in [0.25, 0.3) is 0 Å². The highest BCUT2D eigenvalue weighted by Crippen LogP contribution is 2.11. The molecule has 22 heavy (non-hydrogen) atoms. The summed E-state index contributed by atoms with van der Waals surface area (Å²) in [7, 11) is 0. The van der Waals surface area contributed by atoms with Crippen LogP contribution >= 0.6 is 0 Å². The number of rotatable bonds is 5. The number of hydrogen-bond donors (Lipinski definition) is 1. The molecule has 1 amide bonds. The molecule has 0 heterocycles. The molecule has 0 radical (unpaired) electrons. The fraction of sp³-hybridized carbons (Fsp3) is 0.188. The Morgan fingerprint density at radius 3 is 2.23 bits per heavy atom. The molecule has 0 aliphatic carbocycles. The van der Waals surface area contributed by atoms with Crippen molar-refractivity contribution in [2.75, 3.05) is 0 Å². The Hall–Kier alpha value is -2.37. The van der Waals surface area contributed by atoms with E-state index in [1.807, 2.05) is 0 Å². The van der Waals surface area contributed by atoms with E-state index in [4.69, 9.17) is 0 Å². The largest absolute Gasteiger partial charge is 0.352 e. The molecule has 0 fully saturated rings. The van der Waals surface area contributed by atoms with E-state index >= 15 is 0 Å². The van der Waals surface area contributed by atoms with Gasteiger partial charge in [-0.15, -0.1) is 0 Å². The van der Waals surface area contributed by atoms with Crippen LogP contribution in [0.2, 0.25) is 0 Å². The molecular formula is C16H13F4NO. The number of aryl methyl sites for hydroxylation is 1. The molecule has 6 heteroatoms. The minimum Gasteiger partial charge on any atom is -0.352 e. The summed E-state index contributed by atoms with van der Waals surface area (Å²) < 4.78 is 52.1. The van der Waals surface area contributed by atoms with Crippen molar-refractivity contribution in [1.82, 2.24) is 5.32 Å². The quantitative estimate of drug-likeness (QED) is 0.842. The number of carbonyl (C=O) groups excluding carboxylic acids is 1. The minimum atomic E-state index is -0.743. The molecule has 1 N–H and O–H groups in total. The predicted molar refractivity (Wildman–Crippen MR) is 72.9 cm³/mol. The highest BCUT2D eigenvalue weighted by Gasteiger charge is 2.08. The van der Waals surface area contributed by atoms with Gasteiger partial charge in [-0.05, 0) is 30.2 Å². The lowest BCUT2D eigenvalue weighted by Crippen LogP contribution is -2.23. The average Bonchev–Trinajstić information content (AvgIpc) is 2.43. The summed E-state index contributed by atoms with van der Waals surface area (Å²) in [4.78, 5) is 11.6. The zero-order valence-electron chi connectivity index (χ0n) is 11.5. The van der Waals surface area contributed by atoms with Crippen LogP contribution in [-0.4, -0.2) is 5.91 Å². The topological polar surface area (TPSA) is 29.1 Å². The van der Waals surface area contributed by atoms with E-state index < -0.39 is 29.2 Å². The van der Waals surface area contributed by atoms with Gasteiger partial charge >= 0.3 is 0 Å². The second-order valence-corrected chi connectivity index (χ2v) is 4.79. The molecule has 0 unspecified atom stereocenters. The summed E-state index contributed by atoms with van der Waals surface area (Å²) in [6, 6.07) is 6.12. The number of benzene rings is 2. The van der Waals surface area contributed by atoms with Crippen molar-refractivity contribution in [3.05, 3.63) is 70.8 Å². The van der Waals surface area contributed by atoms with Gasteiger partial charge in [-0.25, -0.2) is 17.6 Å². The van der Waals surface area contributed by atoms with E-state index in [1.54, 1.807) is 0 Å². The Labute approximate surface area is 124 Å². The maximum atomic E-state index is 13.4. The van der Waals surface area contributed by atoms with E-state index in [0.717, 1.165) is 30.3 Å². The number of amides is 1. The van der Waals surface area contributed by atoms with Crippen LogP contribution in [-0.2, 0) is 17.8 Å². The smallest absolute Gasteiger partial charge is 0.220 e. The van der Waals surface area contributed by atoms with E-state index in [9.17, 15) is 22.4 Å². The van der Waals surface area contributed by atoms with E-state index in [-0.39, 0.29) is 24.9 Å². The van der Waals surface area contributed by atoms with Crippen molar-refractivity contribution >= 4 is 5.91 Å². The lowest BCUT2D eigenvalue weighted by molar-refractivity contribution is -0.121. The minimum absolute atomic E-state index is 0.00566. The second-order valence-electron chi connectivity index (χ2n) is 4.79. The third-order valence-electron chi connectivity index (χ3n) is 3.05. The third-order valence-corrected chi connectivity index (χ3v) is 3.05. The lowest BCUT2D eigenvalue weighted by atomic mass is 10.1. The van der Waals surface area contributed by atoms with Gasteiger partial charge in [0.15, 0.2) is 0 Å². The Morgan fingerprint density at radius 2 is 1.59 bits per heavy atom. The van der Waals surface area contributed by atoms with Crippen LogP contribution in [0.25, 0.3) is 0 Å².